The molecule has 0 atom stereocenters. The summed E-state index contributed by atoms with van der Waals surface area (Å²) in [5, 5.41) is 3.65. The van der Waals surface area contributed by atoms with Crippen LogP contribution in [0.1, 0.15) is 20.7 Å². The highest BCUT2D eigenvalue weighted by atomic mass is 16.5. The maximum Gasteiger partial charge on any atom is 0.265 e. The molecule has 0 radical (unpaired) electrons. The summed E-state index contributed by atoms with van der Waals surface area (Å²) in [6.45, 7) is 5.02. The van der Waals surface area contributed by atoms with Crippen molar-refractivity contribution in [3.63, 3.8) is 0 Å². The molecule has 130 valence electrons. The van der Waals surface area contributed by atoms with Gasteiger partial charge in [-0.3, -0.25) is 20.4 Å². The largest absolute Gasteiger partial charge is 0.379 e. The Hall–Kier alpha value is -2.00. The summed E-state index contributed by atoms with van der Waals surface area (Å²) in [5.41, 5.74) is 6.59. The van der Waals surface area contributed by atoms with Crippen LogP contribution in [0, 0.1) is 0 Å². The molecule has 0 bridgehead atoms. The summed E-state index contributed by atoms with van der Waals surface area (Å²) in [6.07, 6.45) is 0. The number of hydrazine groups is 2. The molecule has 0 saturated carbocycles. The molecule has 0 aliphatic carbocycles. The third-order valence-corrected chi connectivity index (χ3v) is 3.93. The third-order valence-electron chi connectivity index (χ3n) is 3.93. The van der Waals surface area contributed by atoms with Crippen molar-refractivity contribution in [1.29, 1.82) is 0 Å². The number of benzene rings is 1. The van der Waals surface area contributed by atoms with Gasteiger partial charge in [0.2, 0.25) is 0 Å². The van der Waals surface area contributed by atoms with E-state index in [1.165, 1.54) is 0 Å². The number of ether oxygens (including phenoxy) is 2. The second kappa shape index (κ2) is 8.20. The van der Waals surface area contributed by atoms with Crippen LogP contribution in [0.25, 0.3) is 0 Å². The summed E-state index contributed by atoms with van der Waals surface area (Å²) in [6, 6.07) is 6.70. The number of hydrogen-bond donors (Lipinski definition) is 2. The van der Waals surface area contributed by atoms with E-state index in [-0.39, 0.29) is 11.8 Å². The molecule has 24 heavy (non-hydrogen) atoms. The Morgan fingerprint density at radius 1 is 0.792 bits per heavy atom. The van der Waals surface area contributed by atoms with Gasteiger partial charge in [-0.25, -0.2) is 10.0 Å². The van der Waals surface area contributed by atoms with Crippen LogP contribution in [0.3, 0.4) is 0 Å². The van der Waals surface area contributed by atoms with Crippen LogP contribution in [0.5, 0.6) is 0 Å². The van der Waals surface area contributed by atoms with E-state index in [9.17, 15) is 9.59 Å². The molecule has 1 aromatic carbocycles. The van der Waals surface area contributed by atoms with Gasteiger partial charge >= 0.3 is 0 Å². The highest BCUT2D eigenvalue weighted by molar-refractivity contribution is 5.99. The van der Waals surface area contributed by atoms with Crippen molar-refractivity contribution in [1.82, 2.24) is 20.9 Å². The molecule has 8 nitrogen and oxygen atoms in total. The fraction of sp³-hybridized carbons (Fsp3) is 0.500. The van der Waals surface area contributed by atoms with E-state index < -0.39 is 0 Å². The summed E-state index contributed by atoms with van der Waals surface area (Å²) >= 11 is 0. The zero-order valence-electron chi connectivity index (χ0n) is 13.5. The van der Waals surface area contributed by atoms with Crippen LogP contribution in [0.15, 0.2) is 24.3 Å². The fourth-order valence-corrected chi connectivity index (χ4v) is 2.57. The SMILES string of the molecule is O=C(NN1CCOCC1)c1cccc(C(=O)NN2CCOCC2)c1. The Bertz CT molecular complexity index is 536. The molecule has 0 aromatic heterocycles. The van der Waals surface area contributed by atoms with Gasteiger partial charge in [-0.1, -0.05) is 6.07 Å². The first-order valence-electron chi connectivity index (χ1n) is 8.10. The zero-order valence-corrected chi connectivity index (χ0v) is 13.5. The van der Waals surface area contributed by atoms with Gasteiger partial charge in [0.05, 0.1) is 26.4 Å². The molecule has 8 heteroatoms. The van der Waals surface area contributed by atoms with Crippen molar-refractivity contribution in [2.75, 3.05) is 52.6 Å². The van der Waals surface area contributed by atoms with E-state index in [0.29, 0.717) is 63.7 Å². The first-order valence-corrected chi connectivity index (χ1v) is 8.10. The molecule has 2 saturated heterocycles. The van der Waals surface area contributed by atoms with Gasteiger partial charge in [0.15, 0.2) is 0 Å². The first-order chi connectivity index (χ1) is 11.7. The highest BCUT2D eigenvalue weighted by Crippen LogP contribution is 2.07. The minimum atomic E-state index is -0.224. The predicted octanol–water partition coefficient (Wildman–Crippen LogP) is -0.359. The molecule has 0 unspecified atom stereocenters. The summed E-state index contributed by atoms with van der Waals surface area (Å²) in [7, 11) is 0. The number of morpholine rings is 2. The molecule has 1 aromatic rings. The topological polar surface area (TPSA) is 83.1 Å². The maximum absolute atomic E-state index is 12.3. The lowest BCUT2D eigenvalue weighted by molar-refractivity contribution is 0.0125. The van der Waals surface area contributed by atoms with E-state index in [1.807, 2.05) is 10.0 Å². The van der Waals surface area contributed by atoms with Crippen LogP contribution < -0.4 is 10.9 Å². The van der Waals surface area contributed by atoms with Gasteiger partial charge in [0.1, 0.15) is 0 Å². The number of rotatable bonds is 4. The number of hydrogen-bond acceptors (Lipinski definition) is 6. The molecular weight excluding hydrogens is 312 g/mol. The van der Waals surface area contributed by atoms with E-state index in [1.54, 1.807) is 24.3 Å². The van der Waals surface area contributed by atoms with Crippen molar-refractivity contribution in [2.45, 2.75) is 0 Å². The Labute approximate surface area is 140 Å². The molecule has 2 aliphatic rings. The molecule has 3 rings (SSSR count). The molecular formula is C16H22N4O4. The number of nitrogens with zero attached hydrogens (tertiary/aromatic N) is 2. The Morgan fingerprint density at radius 2 is 1.21 bits per heavy atom. The standard InChI is InChI=1S/C16H22N4O4/c21-15(17-19-4-8-23-9-5-19)13-2-1-3-14(12-13)16(22)18-20-6-10-24-11-7-20/h1-3,12H,4-11H2,(H,17,21)(H,18,22). The molecule has 2 N–H and O–H groups in total. The number of amides is 2. The quantitative estimate of drug-likeness (QED) is 0.783. The number of nitrogens with one attached hydrogen (secondary N) is 2. The predicted molar refractivity (Wildman–Crippen MR) is 86.2 cm³/mol. The normalized spacial score (nSPS) is 19.7. The lowest BCUT2D eigenvalue weighted by Gasteiger charge is -2.27. The molecule has 2 heterocycles. The van der Waals surface area contributed by atoms with E-state index in [4.69, 9.17) is 9.47 Å². The fourth-order valence-electron chi connectivity index (χ4n) is 2.57. The monoisotopic (exact) mass is 334 g/mol. The number of carbonyl (C=O) groups is 2. The Balaban J connectivity index is 1.60. The lowest BCUT2D eigenvalue weighted by atomic mass is 10.1. The first kappa shape index (κ1) is 16.8. The summed E-state index contributed by atoms with van der Waals surface area (Å²) in [5.74, 6) is -0.448. The lowest BCUT2D eigenvalue weighted by Crippen LogP contribution is -2.49. The second-order valence-electron chi connectivity index (χ2n) is 5.66. The van der Waals surface area contributed by atoms with Gasteiger partial charge in [-0.05, 0) is 18.2 Å². The van der Waals surface area contributed by atoms with Crippen molar-refractivity contribution in [3.05, 3.63) is 35.4 Å². The van der Waals surface area contributed by atoms with Crippen LogP contribution >= 0.6 is 0 Å². The van der Waals surface area contributed by atoms with Gasteiger partial charge in [0, 0.05) is 37.3 Å². The molecule has 2 amide bonds. The molecule has 2 aliphatic heterocycles. The van der Waals surface area contributed by atoms with Crippen molar-refractivity contribution in [3.8, 4) is 0 Å². The Kier molecular flexibility index (Phi) is 5.76. The maximum atomic E-state index is 12.3. The summed E-state index contributed by atoms with van der Waals surface area (Å²) < 4.78 is 10.5. The van der Waals surface area contributed by atoms with Crippen LogP contribution in [-0.4, -0.2) is 74.4 Å². The average Bonchev–Trinajstić information content (AvgIpc) is 2.63. The molecule has 2 fully saturated rings. The van der Waals surface area contributed by atoms with Crippen LogP contribution in [0.4, 0.5) is 0 Å². The average molecular weight is 334 g/mol. The minimum absolute atomic E-state index is 0.224. The third kappa shape index (κ3) is 4.51. The Morgan fingerprint density at radius 3 is 1.62 bits per heavy atom. The second-order valence-corrected chi connectivity index (χ2v) is 5.66. The van der Waals surface area contributed by atoms with Crippen LogP contribution in [0.2, 0.25) is 0 Å². The van der Waals surface area contributed by atoms with Crippen LogP contribution in [-0.2, 0) is 9.47 Å². The van der Waals surface area contributed by atoms with Crippen molar-refractivity contribution in [2.24, 2.45) is 0 Å². The van der Waals surface area contributed by atoms with Crippen molar-refractivity contribution < 1.29 is 19.1 Å². The van der Waals surface area contributed by atoms with Gasteiger partial charge in [0.25, 0.3) is 11.8 Å². The minimum Gasteiger partial charge on any atom is -0.379 e. The van der Waals surface area contributed by atoms with Gasteiger partial charge in [-0.2, -0.15) is 0 Å². The van der Waals surface area contributed by atoms with E-state index in [0.717, 1.165) is 0 Å². The number of carbonyl (C=O) groups excluding carboxylic acids is 2. The van der Waals surface area contributed by atoms with E-state index in [2.05, 4.69) is 10.9 Å². The highest BCUT2D eigenvalue weighted by Gasteiger charge is 2.17. The van der Waals surface area contributed by atoms with E-state index >= 15 is 0 Å². The zero-order chi connectivity index (χ0) is 16.8. The van der Waals surface area contributed by atoms with Gasteiger partial charge < -0.3 is 9.47 Å². The van der Waals surface area contributed by atoms with Gasteiger partial charge in [-0.15, -0.1) is 0 Å². The van der Waals surface area contributed by atoms with Crippen molar-refractivity contribution >= 4 is 11.8 Å². The smallest absolute Gasteiger partial charge is 0.265 e. The summed E-state index contributed by atoms with van der Waals surface area (Å²) in [4.78, 5) is 24.7. The molecule has 0 spiro atoms.